The van der Waals surface area contributed by atoms with Gasteiger partial charge in [-0.2, -0.15) is 5.10 Å². The Balaban J connectivity index is 1.41. The van der Waals surface area contributed by atoms with Crippen LogP contribution in [0, 0.1) is 10.1 Å². The molecule has 2 aliphatic heterocycles. The van der Waals surface area contributed by atoms with Crippen molar-refractivity contribution in [3.63, 3.8) is 0 Å². The van der Waals surface area contributed by atoms with Crippen LogP contribution in [0.2, 0.25) is 0 Å². The van der Waals surface area contributed by atoms with Crippen molar-refractivity contribution in [1.82, 2.24) is 20.2 Å². The average Bonchev–Trinajstić information content (AvgIpc) is 3.36. The number of rotatable bonds is 5. The molecule has 0 bridgehead atoms. The van der Waals surface area contributed by atoms with Gasteiger partial charge in [-0.25, -0.2) is 5.43 Å². The van der Waals surface area contributed by atoms with Gasteiger partial charge in [0.25, 0.3) is 11.6 Å². The Kier molecular flexibility index (Phi) is 5.36. The maximum atomic E-state index is 12.3. The minimum absolute atomic E-state index is 0.0256. The molecule has 2 aromatic rings. The van der Waals surface area contributed by atoms with E-state index in [2.05, 4.69) is 26.6 Å². The number of nitro benzene ring substituents is 1. The first-order valence-electron chi connectivity index (χ1n) is 10.3. The lowest BCUT2D eigenvalue weighted by Crippen LogP contribution is -2.33. The van der Waals surface area contributed by atoms with Gasteiger partial charge in [0.15, 0.2) is 5.50 Å². The summed E-state index contributed by atoms with van der Waals surface area (Å²) in [7, 11) is 0. The van der Waals surface area contributed by atoms with Gasteiger partial charge in [-0.15, -0.1) is 0 Å². The molecule has 1 atom stereocenters. The summed E-state index contributed by atoms with van der Waals surface area (Å²) in [5, 5.41) is 15.2. The molecule has 0 spiro atoms. The summed E-state index contributed by atoms with van der Waals surface area (Å²) in [6.45, 7) is 0. The number of nitrogens with zero attached hydrogens (tertiary/aromatic N) is 5. The second-order valence-corrected chi connectivity index (χ2v) is 8.73. The Bertz CT molecular complexity index is 1150. The van der Waals surface area contributed by atoms with E-state index in [1.54, 1.807) is 48.6 Å². The molecule has 1 aliphatic carbocycles. The normalized spacial score (nSPS) is 19.8. The van der Waals surface area contributed by atoms with E-state index < -0.39 is 4.92 Å². The first-order chi connectivity index (χ1) is 15.6. The number of hydrazone groups is 1. The lowest BCUT2D eigenvalue weighted by Gasteiger charge is -2.26. The molecule has 0 saturated carbocycles. The van der Waals surface area contributed by atoms with Gasteiger partial charge in [0.1, 0.15) is 6.34 Å². The smallest absolute Gasteiger partial charge is 0.272 e. The maximum Gasteiger partial charge on any atom is 0.272 e. The maximum absolute atomic E-state index is 12.3. The highest BCUT2D eigenvalue weighted by atomic mass is 32.2. The van der Waals surface area contributed by atoms with Crippen molar-refractivity contribution in [3.05, 3.63) is 86.8 Å². The summed E-state index contributed by atoms with van der Waals surface area (Å²) < 4.78 is 0. The molecule has 0 saturated heterocycles. The Labute approximate surface area is 188 Å². The van der Waals surface area contributed by atoms with Crippen LogP contribution in [0.1, 0.15) is 41.6 Å². The van der Waals surface area contributed by atoms with Crippen LogP contribution >= 0.6 is 11.8 Å². The van der Waals surface area contributed by atoms with Gasteiger partial charge in [0.2, 0.25) is 0 Å². The number of benzene rings is 1. The van der Waals surface area contributed by atoms with Crippen LogP contribution in [0.5, 0.6) is 0 Å². The highest BCUT2D eigenvalue weighted by Gasteiger charge is 2.41. The number of non-ortho nitro benzene ring substituents is 1. The Hall–Kier alpha value is -3.66. The third-order valence-electron chi connectivity index (χ3n) is 5.61. The third kappa shape index (κ3) is 3.73. The average molecular weight is 449 g/mol. The molecule has 3 heterocycles. The topological polar surface area (TPSA) is 104 Å². The second kappa shape index (κ2) is 8.46. The summed E-state index contributed by atoms with van der Waals surface area (Å²) in [6.07, 6.45) is 11.2. The zero-order valence-electron chi connectivity index (χ0n) is 17.0. The van der Waals surface area contributed by atoms with Gasteiger partial charge in [-0.3, -0.25) is 24.8 Å². The fourth-order valence-corrected chi connectivity index (χ4v) is 5.48. The van der Waals surface area contributed by atoms with E-state index in [0.29, 0.717) is 5.56 Å². The van der Waals surface area contributed by atoms with Gasteiger partial charge in [0, 0.05) is 46.9 Å². The van der Waals surface area contributed by atoms with Crippen LogP contribution in [0.4, 0.5) is 5.69 Å². The highest BCUT2D eigenvalue weighted by Crippen LogP contribution is 2.51. The second-order valence-electron chi connectivity index (χ2n) is 7.58. The van der Waals surface area contributed by atoms with Crippen molar-refractivity contribution in [2.75, 3.05) is 0 Å². The van der Waals surface area contributed by atoms with Crippen LogP contribution in [0.25, 0.3) is 5.70 Å². The number of hydrogen-bond acceptors (Lipinski definition) is 7. The van der Waals surface area contributed by atoms with Crippen molar-refractivity contribution in [3.8, 4) is 0 Å². The Morgan fingerprint density at radius 1 is 1.25 bits per heavy atom. The molecular weight excluding hydrogens is 428 g/mol. The van der Waals surface area contributed by atoms with E-state index in [1.165, 1.54) is 41.8 Å². The number of thioether (sulfide) groups is 1. The highest BCUT2D eigenvalue weighted by molar-refractivity contribution is 8.03. The van der Waals surface area contributed by atoms with Gasteiger partial charge in [-0.05, 0) is 49.9 Å². The minimum atomic E-state index is -0.410. The van der Waals surface area contributed by atoms with Crippen LogP contribution in [0.15, 0.2) is 70.7 Å². The Morgan fingerprint density at radius 3 is 2.81 bits per heavy atom. The fraction of sp³-hybridized carbons (Fsp3) is 0.227. The number of carbonyl (C=O) groups excluding carboxylic acids is 1. The monoisotopic (exact) mass is 448 g/mol. The molecular formula is C22H20N6O3S. The third-order valence-corrected chi connectivity index (χ3v) is 7.00. The molecule has 1 aromatic heterocycles. The van der Waals surface area contributed by atoms with Crippen LogP contribution < -0.4 is 5.43 Å². The molecule has 0 fully saturated rings. The van der Waals surface area contributed by atoms with Crippen molar-refractivity contribution < 1.29 is 9.72 Å². The van der Waals surface area contributed by atoms with E-state index in [1.807, 2.05) is 4.90 Å². The van der Waals surface area contributed by atoms with E-state index in [-0.39, 0.29) is 17.1 Å². The summed E-state index contributed by atoms with van der Waals surface area (Å²) in [4.78, 5) is 32.5. The zero-order valence-corrected chi connectivity index (χ0v) is 17.9. The molecule has 3 aliphatic rings. The van der Waals surface area contributed by atoms with E-state index in [0.717, 1.165) is 24.1 Å². The summed E-state index contributed by atoms with van der Waals surface area (Å²) in [6, 6.07) is 9.83. The molecule has 0 radical (unpaired) electrons. The summed E-state index contributed by atoms with van der Waals surface area (Å²) >= 11 is 1.79. The molecule has 5 rings (SSSR count). The van der Waals surface area contributed by atoms with Crippen LogP contribution in [-0.2, 0) is 0 Å². The molecule has 1 aromatic carbocycles. The lowest BCUT2D eigenvalue weighted by molar-refractivity contribution is -0.384. The first kappa shape index (κ1) is 20.3. The van der Waals surface area contributed by atoms with E-state index in [9.17, 15) is 14.9 Å². The number of nitro groups is 1. The fourth-order valence-electron chi connectivity index (χ4n) is 4.04. The van der Waals surface area contributed by atoms with Crippen molar-refractivity contribution in [2.24, 2.45) is 5.10 Å². The number of allylic oxidation sites excluding steroid dienone is 2. The number of aromatic nitrogens is 1. The predicted molar refractivity (Wildman–Crippen MR) is 122 cm³/mol. The molecule has 10 heteroatoms. The van der Waals surface area contributed by atoms with Crippen LogP contribution in [-0.4, -0.2) is 37.5 Å². The SMILES string of the molecule is O=C(NN=CN1C(c2ccc([N+](=O)[O-])cc2)=CN2C3=C(CCCC3)SC12)c1cccnc1. The number of pyridine rings is 1. The number of nitrogens with one attached hydrogen (secondary N) is 1. The quantitative estimate of drug-likeness (QED) is 0.318. The molecule has 9 nitrogen and oxygen atoms in total. The predicted octanol–water partition coefficient (Wildman–Crippen LogP) is 4.10. The van der Waals surface area contributed by atoms with Crippen molar-refractivity contribution >= 4 is 35.4 Å². The van der Waals surface area contributed by atoms with Crippen molar-refractivity contribution in [2.45, 2.75) is 31.2 Å². The largest absolute Gasteiger partial charge is 0.319 e. The molecule has 162 valence electrons. The summed E-state index contributed by atoms with van der Waals surface area (Å²) in [5.74, 6) is -0.345. The van der Waals surface area contributed by atoms with Crippen LogP contribution in [0.3, 0.4) is 0 Å². The van der Waals surface area contributed by atoms with E-state index in [4.69, 9.17) is 0 Å². The van der Waals surface area contributed by atoms with Crippen molar-refractivity contribution in [1.29, 1.82) is 0 Å². The molecule has 32 heavy (non-hydrogen) atoms. The lowest BCUT2D eigenvalue weighted by atomic mass is 10.0. The molecule has 1 unspecified atom stereocenters. The number of hydrogen-bond donors (Lipinski definition) is 1. The summed E-state index contributed by atoms with van der Waals surface area (Å²) in [5.41, 5.74) is 6.04. The van der Waals surface area contributed by atoms with Gasteiger partial charge < -0.3 is 4.90 Å². The first-order valence-corrected chi connectivity index (χ1v) is 11.2. The van der Waals surface area contributed by atoms with Gasteiger partial charge >= 0.3 is 0 Å². The van der Waals surface area contributed by atoms with Gasteiger partial charge in [0.05, 0.1) is 16.2 Å². The minimum Gasteiger partial charge on any atom is -0.319 e. The van der Waals surface area contributed by atoms with E-state index >= 15 is 0 Å². The molecule has 1 N–H and O–H groups in total. The number of amides is 1. The Morgan fingerprint density at radius 2 is 2.06 bits per heavy atom. The number of carbonyl (C=O) groups is 1. The zero-order chi connectivity index (χ0) is 22.1. The van der Waals surface area contributed by atoms with Gasteiger partial charge in [-0.1, -0.05) is 11.8 Å². The molecule has 1 amide bonds. The number of fused-ring (bicyclic) bond motifs is 2. The standard InChI is InChI=1S/C22H20N6O3S/c29-21(16-4-3-11-23-12-16)25-24-14-27-19(15-7-9-17(10-8-15)28(30)31)13-26-18-5-1-2-6-20(18)32-22(26)27/h3-4,7-14,22H,1-2,5-6H2,(H,25,29).